The van der Waals surface area contributed by atoms with Gasteiger partial charge in [0.15, 0.2) is 5.13 Å². The molecule has 2 aromatic carbocycles. The topological polar surface area (TPSA) is 60.5 Å². The quantitative estimate of drug-likeness (QED) is 0.465. The number of hydrogen-bond acceptors (Lipinski definition) is 5. The summed E-state index contributed by atoms with van der Waals surface area (Å²) in [5.74, 6) is 1.33. The molecular weight excluding hydrogens is 440 g/mol. The molecule has 3 aromatic rings. The second-order valence-electron chi connectivity index (χ2n) is 5.71. The molecule has 0 aliphatic heterocycles. The first-order valence-corrected chi connectivity index (χ1v) is 10.3. The Morgan fingerprint density at radius 2 is 2.04 bits per heavy atom. The third-order valence-corrected chi connectivity index (χ3v) is 5.18. The number of nitrogens with one attached hydrogen (secondary N) is 1. The van der Waals surface area contributed by atoms with Crippen LogP contribution in [0, 0.1) is 0 Å². The number of anilines is 1. The van der Waals surface area contributed by atoms with E-state index in [2.05, 4.69) is 26.2 Å². The van der Waals surface area contributed by atoms with Crippen molar-refractivity contribution in [2.75, 3.05) is 19.0 Å². The fraction of sp³-hybridized carbons (Fsp3) is 0.143. The van der Waals surface area contributed by atoms with Crippen LogP contribution < -0.4 is 14.8 Å². The molecule has 3 rings (SSSR count). The van der Waals surface area contributed by atoms with Gasteiger partial charge < -0.3 is 9.47 Å². The first-order valence-electron chi connectivity index (χ1n) is 8.60. The van der Waals surface area contributed by atoms with E-state index in [-0.39, 0.29) is 5.91 Å². The highest BCUT2D eigenvalue weighted by atomic mass is 79.9. The molecule has 5 nitrogen and oxygen atoms in total. The van der Waals surface area contributed by atoms with E-state index in [1.165, 1.54) is 17.4 Å². The van der Waals surface area contributed by atoms with Gasteiger partial charge in [-0.1, -0.05) is 6.07 Å². The summed E-state index contributed by atoms with van der Waals surface area (Å²) in [4.78, 5) is 16.6. The van der Waals surface area contributed by atoms with E-state index in [1.807, 2.05) is 54.8 Å². The number of thiazole rings is 1. The number of carbonyl (C=O) groups is 1. The Hall–Kier alpha value is -2.64. The number of amides is 1. The van der Waals surface area contributed by atoms with Gasteiger partial charge in [-0.2, -0.15) is 0 Å². The van der Waals surface area contributed by atoms with E-state index < -0.39 is 0 Å². The lowest BCUT2D eigenvalue weighted by molar-refractivity contribution is -0.111. The Morgan fingerprint density at radius 1 is 1.25 bits per heavy atom. The maximum Gasteiger partial charge on any atom is 0.250 e. The first kappa shape index (κ1) is 20.1. The monoisotopic (exact) mass is 458 g/mol. The number of halogens is 1. The second-order valence-corrected chi connectivity index (χ2v) is 7.42. The summed E-state index contributed by atoms with van der Waals surface area (Å²) in [6, 6.07) is 13.3. The Balaban J connectivity index is 1.62. The van der Waals surface area contributed by atoms with Gasteiger partial charge in [-0.25, -0.2) is 4.98 Å². The summed E-state index contributed by atoms with van der Waals surface area (Å²) >= 11 is 4.81. The smallest absolute Gasteiger partial charge is 0.250 e. The molecule has 0 aliphatic carbocycles. The molecule has 0 bridgehead atoms. The van der Waals surface area contributed by atoms with Gasteiger partial charge in [0.1, 0.15) is 11.5 Å². The van der Waals surface area contributed by atoms with E-state index >= 15 is 0 Å². The SMILES string of the molecule is CCOc1ccc(-c2csc(NC(=O)C=Cc3ccc(OC)c(Br)c3)n2)cc1. The molecule has 1 N–H and O–H groups in total. The molecule has 1 aromatic heterocycles. The second kappa shape index (κ2) is 9.52. The van der Waals surface area contributed by atoms with Crippen LogP contribution in [0.25, 0.3) is 17.3 Å². The van der Waals surface area contributed by atoms with Crippen LogP contribution in [0.2, 0.25) is 0 Å². The number of aromatic nitrogens is 1. The van der Waals surface area contributed by atoms with Gasteiger partial charge >= 0.3 is 0 Å². The molecular formula is C21H19BrN2O3S. The van der Waals surface area contributed by atoms with Crippen molar-refractivity contribution in [2.24, 2.45) is 0 Å². The zero-order chi connectivity index (χ0) is 19.9. The number of methoxy groups -OCH3 is 1. The van der Waals surface area contributed by atoms with Gasteiger partial charge in [0.05, 0.1) is 23.9 Å². The zero-order valence-corrected chi connectivity index (χ0v) is 17.8. The molecule has 0 aliphatic rings. The van der Waals surface area contributed by atoms with Crippen molar-refractivity contribution in [3.63, 3.8) is 0 Å². The van der Waals surface area contributed by atoms with Gasteiger partial charge in [0.2, 0.25) is 5.91 Å². The van der Waals surface area contributed by atoms with E-state index in [9.17, 15) is 4.79 Å². The van der Waals surface area contributed by atoms with Crippen LogP contribution in [0.5, 0.6) is 11.5 Å². The molecule has 0 saturated heterocycles. The minimum atomic E-state index is -0.237. The minimum absolute atomic E-state index is 0.237. The predicted octanol–water partition coefficient (Wildman–Crippen LogP) is 5.63. The first-order chi connectivity index (χ1) is 13.6. The minimum Gasteiger partial charge on any atom is -0.496 e. The molecule has 0 fully saturated rings. The summed E-state index contributed by atoms with van der Waals surface area (Å²) in [5.41, 5.74) is 2.67. The number of benzene rings is 2. The van der Waals surface area contributed by atoms with E-state index in [4.69, 9.17) is 9.47 Å². The maximum atomic E-state index is 12.2. The van der Waals surface area contributed by atoms with Crippen LogP contribution in [-0.2, 0) is 4.79 Å². The van der Waals surface area contributed by atoms with Crippen molar-refractivity contribution in [1.82, 2.24) is 4.98 Å². The number of carbonyl (C=O) groups excluding carboxylic acids is 1. The average Bonchev–Trinajstić information content (AvgIpc) is 3.16. The molecule has 1 amide bonds. The molecule has 1 heterocycles. The van der Waals surface area contributed by atoms with Gasteiger partial charge in [0.25, 0.3) is 0 Å². The van der Waals surface area contributed by atoms with Crippen molar-refractivity contribution >= 4 is 44.4 Å². The summed E-state index contributed by atoms with van der Waals surface area (Å²) < 4.78 is 11.5. The van der Waals surface area contributed by atoms with Crippen LogP contribution in [0.15, 0.2) is 58.4 Å². The summed E-state index contributed by atoms with van der Waals surface area (Å²) in [5, 5.41) is 5.25. The molecule has 144 valence electrons. The van der Waals surface area contributed by atoms with Crippen molar-refractivity contribution in [2.45, 2.75) is 6.92 Å². The molecule has 0 atom stereocenters. The highest BCUT2D eigenvalue weighted by molar-refractivity contribution is 9.10. The molecule has 28 heavy (non-hydrogen) atoms. The van der Waals surface area contributed by atoms with E-state index in [0.29, 0.717) is 11.7 Å². The normalized spacial score (nSPS) is 10.8. The van der Waals surface area contributed by atoms with Crippen molar-refractivity contribution in [3.8, 4) is 22.8 Å². The number of nitrogens with zero attached hydrogens (tertiary/aromatic N) is 1. The predicted molar refractivity (Wildman–Crippen MR) is 117 cm³/mol. The summed E-state index contributed by atoms with van der Waals surface area (Å²) in [6.07, 6.45) is 3.21. The van der Waals surface area contributed by atoms with Crippen LogP contribution in [0.3, 0.4) is 0 Å². The van der Waals surface area contributed by atoms with Gasteiger partial charge in [-0.05, 0) is 70.9 Å². The third kappa shape index (κ3) is 5.21. The average molecular weight is 459 g/mol. The maximum absolute atomic E-state index is 12.2. The Kier molecular flexibility index (Phi) is 6.84. The lowest BCUT2D eigenvalue weighted by atomic mass is 10.2. The van der Waals surface area contributed by atoms with Crippen LogP contribution >= 0.6 is 27.3 Å². The fourth-order valence-corrected chi connectivity index (χ4v) is 3.74. The number of ether oxygens (including phenoxy) is 2. The van der Waals surface area contributed by atoms with Gasteiger partial charge in [0, 0.05) is 17.0 Å². The number of hydrogen-bond donors (Lipinski definition) is 1. The highest BCUT2D eigenvalue weighted by Gasteiger charge is 2.07. The molecule has 0 radical (unpaired) electrons. The highest BCUT2D eigenvalue weighted by Crippen LogP contribution is 2.27. The zero-order valence-electron chi connectivity index (χ0n) is 15.4. The lowest BCUT2D eigenvalue weighted by Crippen LogP contribution is -2.07. The Labute approximate surface area is 176 Å². The van der Waals surface area contributed by atoms with Crippen molar-refractivity contribution in [3.05, 3.63) is 64.0 Å². The molecule has 0 unspecified atom stereocenters. The van der Waals surface area contributed by atoms with Crippen LogP contribution in [0.4, 0.5) is 5.13 Å². The Morgan fingerprint density at radius 3 is 2.71 bits per heavy atom. The van der Waals surface area contributed by atoms with Gasteiger partial charge in [-0.3, -0.25) is 10.1 Å². The largest absolute Gasteiger partial charge is 0.496 e. The standard InChI is InChI=1S/C21H19BrN2O3S/c1-3-27-16-8-6-15(7-9-16)18-13-28-21(23-18)24-20(25)11-5-14-4-10-19(26-2)17(22)12-14/h4-13H,3H2,1-2H3,(H,23,24,25). The fourth-order valence-electron chi connectivity index (χ4n) is 2.46. The third-order valence-electron chi connectivity index (χ3n) is 3.80. The van der Waals surface area contributed by atoms with E-state index in [0.717, 1.165) is 32.8 Å². The molecule has 0 spiro atoms. The van der Waals surface area contributed by atoms with Gasteiger partial charge in [-0.15, -0.1) is 11.3 Å². The molecule has 7 heteroatoms. The van der Waals surface area contributed by atoms with Crippen molar-refractivity contribution in [1.29, 1.82) is 0 Å². The van der Waals surface area contributed by atoms with E-state index in [1.54, 1.807) is 13.2 Å². The van der Waals surface area contributed by atoms with Crippen LogP contribution in [0.1, 0.15) is 12.5 Å². The lowest BCUT2D eigenvalue weighted by Gasteiger charge is -2.03. The summed E-state index contributed by atoms with van der Waals surface area (Å²) in [7, 11) is 1.61. The number of rotatable bonds is 7. The van der Waals surface area contributed by atoms with Crippen LogP contribution in [-0.4, -0.2) is 24.6 Å². The molecule has 0 saturated carbocycles. The summed E-state index contributed by atoms with van der Waals surface area (Å²) in [6.45, 7) is 2.58. The Bertz CT molecular complexity index is 984. The van der Waals surface area contributed by atoms with Crippen molar-refractivity contribution < 1.29 is 14.3 Å².